The van der Waals surface area contributed by atoms with Gasteiger partial charge in [-0.25, -0.2) is 0 Å². The molecule has 0 saturated carbocycles. The van der Waals surface area contributed by atoms with E-state index in [-0.39, 0.29) is 39.3 Å². The standard InChI is InChI=1S/C10H14O3S.C10H14.C6H13S.4CH4.BF3.FH/c1-3-8(2)9-4-6-10(7-5-9)14(11,12)13;1-3-9(2)10-7-5-4-6-8-10;1-2-7-5-3-4-6-7;;;;;2-1(3)4;/h4-8H,3H2,1-2H3,(H,11,12,13);4-9H,3H2,1-2H3;2-6H2,1H3;4*1H4;;1H/q;;+1;;;;;;/p-1. The van der Waals surface area contributed by atoms with E-state index in [0.717, 1.165) is 22.9 Å². The lowest BCUT2D eigenvalue weighted by molar-refractivity contribution is -0.0000159. The summed E-state index contributed by atoms with van der Waals surface area (Å²) >= 11 is 0. The molecule has 1 aliphatic heterocycles. The Balaban J connectivity index is -0.0000000992. The number of rotatable bonds is 6. The number of benzene rings is 2. The largest absolute Gasteiger partial charge is 1.00 e. The lowest BCUT2D eigenvalue weighted by atomic mass is 9.99. The maximum Gasteiger partial charge on any atom is 0.762 e. The molecule has 2 unspecified atom stereocenters. The van der Waals surface area contributed by atoms with Gasteiger partial charge in [0.2, 0.25) is 0 Å². The second kappa shape index (κ2) is 29.0. The fraction of sp³-hybridized carbons (Fsp3) is 0.600. The van der Waals surface area contributed by atoms with Crippen LogP contribution >= 0.6 is 0 Å². The van der Waals surface area contributed by atoms with Crippen LogP contribution in [0.15, 0.2) is 59.5 Å². The van der Waals surface area contributed by atoms with Crippen LogP contribution in [0.2, 0.25) is 0 Å². The van der Waals surface area contributed by atoms with Crippen LogP contribution in [0.5, 0.6) is 0 Å². The first kappa shape index (κ1) is 51.2. The van der Waals surface area contributed by atoms with Crippen LogP contribution in [0.25, 0.3) is 0 Å². The van der Waals surface area contributed by atoms with E-state index in [9.17, 15) is 21.4 Å². The van der Waals surface area contributed by atoms with E-state index in [2.05, 4.69) is 65.0 Å². The van der Waals surface area contributed by atoms with Crippen molar-refractivity contribution in [2.24, 2.45) is 0 Å². The van der Waals surface area contributed by atoms with Crippen LogP contribution in [0.4, 0.5) is 12.9 Å². The summed E-state index contributed by atoms with van der Waals surface area (Å²) in [5.41, 5.74) is 2.53. The third-order valence-corrected chi connectivity index (χ3v) is 9.28. The summed E-state index contributed by atoms with van der Waals surface area (Å²) in [4.78, 5) is -0.0513. The molecule has 3 nitrogen and oxygen atoms in total. The van der Waals surface area contributed by atoms with Crippen molar-refractivity contribution in [2.45, 2.75) is 107 Å². The summed E-state index contributed by atoms with van der Waals surface area (Å²) in [5, 5.41) is 0. The monoisotopic (exact) mass is 616 g/mol. The van der Waals surface area contributed by atoms with E-state index in [4.69, 9.17) is 4.55 Å². The predicted molar refractivity (Wildman–Crippen MR) is 173 cm³/mol. The molecule has 40 heavy (non-hydrogen) atoms. The molecular weight excluding hydrogens is 559 g/mol. The van der Waals surface area contributed by atoms with E-state index in [0.29, 0.717) is 11.8 Å². The van der Waals surface area contributed by atoms with Gasteiger partial charge in [-0.2, -0.15) is 8.42 Å². The number of hydrogen-bond acceptors (Lipinski definition) is 2. The second-order valence-electron chi connectivity index (χ2n) is 8.34. The van der Waals surface area contributed by atoms with Crippen LogP contribution in [-0.2, 0) is 21.0 Å². The van der Waals surface area contributed by atoms with Crippen molar-refractivity contribution in [2.75, 3.05) is 17.3 Å². The summed E-state index contributed by atoms with van der Waals surface area (Å²) in [6.45, 7) is 10.9. The van der Waals surface area contributed by atoms with Gasteiger partial charge in [0.1, 0.15) is 17.3 Å². The van der Waals surface area contributed by atoms with Gasteiger partial charge in [-0.15, -0.1) is 0 Å². The Kier molecular flexibility index (Phi) is 37.1. The molecule has 2 atom stereocenters. The van der Waals surface area contributed by atoms with Crippen LogP contribution in [-0.4, -0.2) is 37.8 Å². The molecule has 3 rings (SSSR count). The topological polar surface area (TPSA) is 54.4 Å². The van der Waals surface area contributed by atoms with Crippen molar-refractivity contribution in [3.63, 3.8) is 0 Å². The van der Waals surface area contributed by atoms with Gasteiger partial charge in [-0.3, -0.25) is 17.5 Å². The van der Waals surface area contributed by atoms with Gasteiger partial charge >= 0.3 is 7.54 Å². The lowest BCUT2D eigenvalue weighted by Gasteiger charge is -2.08. The first-order chi connectivity index (χ1) is 16.5. The van der Waals surface area contributed by atoms with E-state index in [1.54, 1.807) is 12.1 Å². The van der Waals surface area contributed by atoms with Crippen LogP contribution in [0.3, 0.4) is 0 Å². The zero-order chi connectivity index (χ0) is 26.9. The fourth-order valence-corrected chi connectivity index (χ4v) is 5.71. The van der Waals surface area contributed by atoms with Gasteiger partial charge in [-0.1, -0.05) is 99.9 Å². The molecule has 10 heteroatoms. The summed E-state index contributed by atoms with van der Waals surface area (Å²) < 4.78 is 59.2. The van der Waals surface area contributed by atoms with Gasteiger partial charge in [0.25, 0.3) is 10.1 Å². The summed E-state index contributed by atoms with van der Waals surface area (Å²) in [6.07, 6.45) is 5.25. The molecular formula is C30H57BF4O3S2. The molecule has 0 radical (unpaired) electrons. The van der Waals surface area contributed by atoms with Crippen LogP contribution in [0.1, 0.15) is 113 Å². The zero-order valence-corrected chi connectivity index (χ0v) is 23.6. The number of hydrogen-bond donors (Lipinski definition) is 1. The summed E-state index contributed by atoms with van der Waals surface area (Å²) in [6, 6.07) is 17.0. The minimum atomic E-state index is -4.05. The first-order valence-electron chi connectivity index (χ1n) is 12.1. The Morgan fingerprint density at radius 3 is 1.40 bits per heavy atom. The van der Waals surface area contributed by atoms with E-state index >= 15 is 0 Å². The molecule has 1 aliphatic rings. The van der Waals surface area contributed by atoms with Crippen LogP contribution in [0, 0.1) is 0 Å². The molecule has 238 valence electrons. The highest BCUT2D eigenvalue weighted by atomic mass is 32.2. The highest BCUT2D eigenvalue weighted by Gasteiger charge is 2.20. The Labute approximate surface area is 248 Å². The van der Waals surface area contributed by atoms with Gasteiger partial charge in [-0.05, 0) is 78.6 Å². The maximum atomic E-state index is 10.7. The molecule has 0 bridgehead atoms. The average molecular weight is 617 g/mol. The minimum absolute atomic E-state index is 0. The third-order valence-electron chi connectivity index (χ3n) is 5.86. The highest BCUT2D eigenvalue weighted by Crippen LogP contribution is 2.20. The van der Waals surface area contributed by atoms with E-state index in [1.165, 1.54) is 54.2 Å². The van der Waals surface area contributed by atoms with Crippen molar-refractivity contribution in [1.82, 2.24) is 0 Å². The normalized spacial score (nSPS) is 12.9. The van der Waals surface area contributed by atoms with Crippen molar-refractivity contribution in [3.05, 3.63) is 65.7 Å². The van der Waals surface area contributed by atoms with E-state index < -0.39 is 17.7 Å². The molecule has 0 aliphatic carbocycles. The fourth-order valence-electron chi connectivity index (χ4n) is 3.22. The Hall–Kier alpha value is -1.52. The van der Waals surface area contributed by atoms with Crippen molar-refractivity contribution < 1.29 is 30.6 Å². The number of halogens is 4. The second-order valence-corrected chi connectivity index (χ2v) is 12.4. The first-order valence-corrected chi connectivity index (χ1v) is 15.3. The third kappa shape index (κ3) is 24.3. The Morgan fingerprint density at radius 1 is 0.775 bits per heavy atom. The maximum absolute atomic E-state index is 10.7. The molecule has 0 spiro atoms. The van der Waals surface area contributed by atoms with Gasteiger partial charge in [0.05, 0.1) is 4.90 Å². The molecule has 1 N–H and O–H groups in total. The zero-order valence-electron chi connectivity index (χ0n) is 22.0. The molecule has 0 amide bonds. The highest BCUT2D eigenvalue weighted by molar-refractivity contribution is 7.97. The Bertz CT molecular complexity index is 879. The van der Waals surface area contributed by atoms with Gasteiger partial charge in [0, 0.05) is 0 Å². The Morgan fingerprint density at radius 2 is 1.12 bits per heavy atom. The summed E-state index contributed by atoms with van der Waals surface area (Å²) in [5.74, 6) is 5.64. The average Bonchev–Trinajstić information content (AvgIpc) is 3.38. The molecule has 2 aromatic carbocycles. The molecule has 1 fully saturated rings. The molecule has 2 aromatic rings. The smallest absolute Gasteiger partial charge is 0.762 e. The van der Waals surface area contributed by atoms with Crippen molar-refractivity contribution in [3.8, 4) is 0 Å². The lowest BCUT2D eigenvalue weighted by Crippen LogP contribution is -3.00. The van der Waals surface area contributed by atoms with Gasteiger partial charge in [0.15, 0.2) is 0 Å². The van der Waals surface area contributed by atoms with Gasteiger partial charge < -0.3 is 4.70 Å². The predicted octanol–water partition coefficient (Wildman–Crippen LogP) is 7.49. The van der Waals surface area contributed by atoms with Crippen molar-refractivity contribution >= 4 is 28.6 Å². The van der Waals surface area contributed by atoms with E-state index in [1.807, 2.05) is 0 Å². The molecule has 0 aromatic heterocycles. The van der Waals surface area contributed by atoms with Crippen LogP contribution < -0.4 is 4.70 Å². The molecule has 1 heterocycles. The SMILES string of the molecule is C.C.C.C.CCC(C)c1ccc(S(=O)(=O)O)cc1.CCC(C)c1ccccc1.CC[S+]1CCCC1.FB(F)F.[F-]. The summed E-state index contributed by atoms with van der Waals surface area (Å²) in [7, 11) is -6.85. The quantitative estimate of drug-likeness (QED) is 0.158. The van der Waals surface area contributed by atoms with Crippen molar-refractivity contribution in [1.29, 1.82) is 0 Å². The minimum Gasteiger partial charge on any atom is -1.00 e. The molecule has 1 saturated heterocycles.